The number of imidazole rings is 1. The Morgan fingerprint density at radius 1 is 1.25 bits per heavy atom. The lowest BCUT2D eigenvalue weighted by Gasteiger charge is -2.11. The molecular weight excluding hydrogens is 300 g/mol. The molecule has 1 aromatic carbocycles. The van der Waals surface area contributed by atoms with Crippen molar-refractivity contribution in [2.24, 2.45) is 5.92 Å². The summed E-state index contributed by atoms with van der Waals surface area (Å²) in [6, 6.07) is 12.1. The molecule has 2 aromatic heterocycles. The smallest absolute Gasteiger partial charge is 0.236 e. The maximum Gasteiger partial charge on any atom is 0.236 e. The van der Waals surface area contributed by atoms with Crippen molar-refractivity contribution in [2.45, 2.75) is 26.8 Å². The van der Waals surface area contributed by atoms with Crippen molar-refractivity contribution in [3.8, 4) is 6.07 Å². The van der Waals surface area contributed by atoms with Crippen molar-refractivity contribution in [1.29, 1.82) is 5.26 Å². The number of rotatable bonds is 6. The van der Waals surface area contributed by atoms with E-state index in [1.165, 1.54) is 0 Å². The summed E-state index contributed by atoms with van der Waals surface area (Å²) >= 11 is 0. The molecular formula is C18H20N6. The first-order valence-corrected chi connectivity index (χ1v) is 8.12. The lowest BCUT2D eigenvalue weighted by molar-refractivity contribution is 0.592. The van der Waals surface area contributed by atoms with Gasteiger partial charge in [-0.2, -0.15) is 15.2 Å². The summed E-state index contributed by atoms with van der Waals surface area (Å²) in [5, 5.41) is 12.5. The van der Waals surface area contributed by atoms with Gasteiger partial charge >= 0.3 is 0 Å². The highest BCUT2D eigenvalue weighted by molar-refractivity contribution is 5.83. The van der Waals surface area contributed by atoms with Gasteiger partial charge in [0.25, 0.3) is 0 Å². The van der Waals surface area contributed by atoms with E-state index in [0.29, 0.717) is 29.4 Å². The molecule has 0 radical (unpaired) electrons. The van der Waals surface area contributed by atoms with Crippen LogP contribution in [-0.2, 0) is 6.54 Å². The predicted octanol–water partition coefficient (Wildman–Crippen LogP) is 3.20. The third-order valence-corrected chi connectivity index (χ3v) is 4.07. The van der Waals surface area contributed by atoms with E-state index >= 15 is 0 Å². The maximum atomic E-state index is 9.23. The number of benzene rings is 1. The fourth-order valence-electron chi connectivity index (χ4n) is 2.43. The van der Waals surface area contributed by atoms with Gasteiger partial charge in [-0.05, 0) is 11.5 Å². The van der Waals surface area contributed by atoms with Crippen molar-refractivity contribution < 1.29 is 0 Å². The van der Waals surface area contributed by atoms with E-state index in [9.17, 15) is 5.26 Å². The van der Waals surface area contributed by atoms with E-state index in [1.54, 1.807) is 6.33 Å². The minimum atomic E-state index is 0.156. The zero-order valence-electron chi connectivity index (χ0n) is 13.9. The summed E-state index contributed by atoms with van der Waals surface area (Å²) in [6.45, 7) is 5.77. The standard InChI is InChI=1S/C18H20N6/c1-3-13(2)10-20-17-16-18(23-15(9-19)22-17)24(12-21-16)11-14-7-5-4-6-8-14/h4-8,12-13H,3,10-11H2,1-2H3,(H,20,22,23). The first kappa shape index (κ1) is 15.9. The second-order valence-corrected chi connectivity index (χ2v) is 5.93. The lowest BCUT2D eigenvalue weighted by Crippen LogP contribution is -2.12. The minimum absolute atomic E-state index is 0.156. The van der Waals surface area contributed by atoms with Gasteiger partial charge < -0.3 is 9.88 Å². The molecule has 1 N–H and O–H groups in total. The second-order valence-electron chi connectivity index (χ2n) is 5.93. The fraction of sp³-hybridized carbons (Fsp3) is 0.333. The molecule has 0 fully saturated rings. The van der Waals surface area contributed by atoms with E-state index in [2.05, 4.69) is 46.2 Å². The highest BCUT2D eigenvalue weighted by atomic mass is 15.2. The fourth-order valence-corrected chi connectivity index (χ4v) is 2.43. The summed E-state index contributed by atoms with van der Waals surface area (Å²) in [5.74, 6) is 1.31. The Hall–Kier alpha value is -2.94. The van der Waals surface area contributed by atoms with Crippen LogP contribution in [0, 0.1) is 17.2 Å². The molecule has 0 amide bonds. The van der Waals surface area contributed by atoms with Gasteiger partial charge in [-0.25, -0.2) is 4.98 Å². The largest absolute Gasteiger partial charge is 0.368 e. The van der Waals surface area contributed by atoms with Crippen LogP contribution in [-0.4, -0.2) is 26.1 Å². The topological polar surface area (TPSA) is 79.4 Å². The zero-order valence-corrected chi connectivity index (χ0v) is 13.9. The van der Waals surface area contributed by atoms with Crippen LogP contribution in [0.15, 0.2) is 36.7 Å². The number of nitrogens with one attached hydrogen (secondary N) is 1. The summed E-state index contributed by atoms with van der Waals surface area (Å²) in [5.41, 5.74) is 2.54. The van der Waals surface area contributed by atoms with Crippen molar-refractivity contribution in [3.05, 3.63) is 48.0 Å². The Kier molecular flexibility index (Phi) is 4.71. The van der Waals surface area contributed by atoms with Gasteiger partial charge in [-0.15, -0.1) is 0 Å². The lowest BCUT2D eigenvalue weighted by atomic mass is 10.1. The molecule has 0 bridgehead atoms. The van der Waals surface area contributed by atoms with Crippen LogP contribution in [0.1, 0.15) is 31.7 Å². The first-order chi connectivity index (χ1) is 11.7. The molecule has 0 saturated heterocycles. The number of hydrogen-bond donors (Lipinski definition) is 1. The van der Waals surface area contributed by atoms with Gasteiger partial charge in [0.1, 0.15) is 6.07 Å². The molecule has 3 rings (SSSR count). The van der Waals surface area contributed by atoms with Crippen molar-refractivity contribution in [3.63, 3.8) is 0 Å². The highest BCUT2D eigenvalue weighted by Crippen LogP contribution is 2.20. The Labute approximate surface area is 141 Å². The third-order valence-electron chi connectivity index (χ3n) is 4.07. The van der Waals surface area contributed by atoms with Crippen LogP contribution in [0.3, 0.4) is 0 Å². The molecule has 1 unspecified atom stereocenters. The zero-order chi connectivity index (χ0) is 16.9. The van der Waals surface area contributed by atoms with Gasteiger partial charge in [0.05, 0.1) is 12.9 Å². The maximum absolute atomic E-state index is 9.23. The Bertz CT molecular complexity index is 862. The SMILES string of the molecule is CCC(C)CNc1nc(C#N)nc2c1ncn2Cc1ccccc1. The van der Waals surface area contributed by atoms with Gasteiger partial charge in [0.2, 0.25) is 5.82 Å². The highest BCUT2D eigenvalue weighted by Gasteiger charge is 2.14. The average molecular weight is 320 g/mol. The Balaban J connectivity index is 1.97. The molecule has 0 aliphatic carbocycles. The van der Waals surface area contributed by atoms with Gasteiger partial charge in [0, 0.05) is 6.54 Å². The van der Waals surface area contributed by atoms with Crippen molar-refractivity contribution in [1.82, 2.24) is 19.5 Å². The van der Waals surface area contributed by atoms with Crippen LogP contribution in [0.5, 0.6) is 0 Å². The second kappa shape index (κ2) is 7.09. The average Bonchev–Trinajstić information content (AvgIpc) is 3.03. The Morgan fingerprint density at radius 2 is 2.04 bits per heavy atom. The van der Waals surface area contributed by atoms with E-state index in [-0.39, 0.29) is 5.82 Å². The monoisotopic (exact) mass is 320 g/mol. The van der Waals surface area contributed by atoms with Crippen LogP contribution in [0.4, 0.5) is 5.82 Å². The molecule has 24 heavy (non-hydrogen) atoms. The van der Waals surface area contributed by atoms with Crippen molar-refractivity contribution >= 4 is 17.0 Å². The minimum Gasteiger partial charge on any atom is -0.368 e. The molecule has 1 atom stereocenters. The van der Waals surface area contributed by atoms with E-state index < -0.39 is 0 Å². The van der Waals surface area contributed by atoms with Crippen LogP contribution >= 0.6 is 0 Å². The van der Waals surface area contributed by atoms with Crippen LogP contribution < -0.4 is 5.32 Å². The number of aromatic nitrogens is 4. The molecule has 6 heteroatoms. The van der Waals surface area contributed by atoms with Crippen molar-refractivity contribution in [2.75, 3.05) is 11.9 Å². The molecule has 0 aliphatic heterocycles. The van der Waals surface area contributed by atoms with E-state index in [4.69, 9.17) is 0 Å². The number of anilines is 1. The molecule has 122 valence electrons. The molecule has 2 heterocycles. The molecule has 3 aromatic rings. The molecule has 0 spiro atoms. The number of fused-ring (bicyclic) bond motifs is 1. The number of hydrogen-bond acceptors (Lipinski definition) is 5. The van der Waals surface area contributed by atoms with Gasteiger partial charge in [0.15, 0.2) is 17.0 Å². The molecule has 0 aliphatic rings. The van der Waals surface area contributed by atoms with Crippen LogP contribution in [0.2, 0.25) is 0 Å². The molecule has 0 saturated carbocycles. The summed E-state index contributed by atoms with van der Waals surface area (Å²) in [6.07, 6.45) is 2.83. The number of nitriles is 1. The number of nitrogens with zero attached hydrogens (tertiary/aromatic N) is 5. The van der Waals surface area contributed by atoms with Gasteiger partial charge in [-0.3, -0.25) is 0 Å². The molecule has 6 nitrogen and oxygen atoms in total. The quantitative estimate of drug-likeness (QED) is 0.754. The van der Waals surface area contributed by atoms with E-state index in [0.717, 1.165) is 18.5 Å². The van der Waals surface area contributed by atoms with Gasteiger partial charge in [-0.1, -0.05) is 50.6 Å². The Morgan fingerprint density at radius 3 is 2.75 bits per heavy atom. The van der Waals surface area contributed by atoms with Crippen LogP contribution in [0.25, 0.3) is 11.2 Å². The van der Waals surface area contributed by atoms with E-state index in [1.807, 2.05) is 28.8 Å². The predicted molar refractivity (Wildman–Crippen MR) is 93.5 cm³/mol. The first-order valence-electron chi connectivity index (χ1n) is 8.12. The summed E-state index contributed by atoms with van der Waals surface area (Å²) in [4.78, 5) is 13.1. The summed E-state index contributed by atoms with van der Waals surface area (Å²) in [7, 11) is 0. The normalized spacial score (nSPS) is 12.0. The summed E-state index contributed by atoms with van der Waals surface area (Å²) < 4.78 is 1.95. The third kappa shape index (κ3) is 3.35.